The second-order valence-corrected chi connectivity index (χ2v) is 1.52. The van der Waals surface area contributed by atoms with Crippen LogP contribution in [0.2, 0.25) is 0 Å². The van der Waals surface area contributed by atoms with Crippen LogP contribution in [-0.4, -0.2) is 19.1 Å². The van der Waals surface area contributed by atoms with E-state index < -0.39 is 0 Å². The average Bonchev–Trinajstić information content (AvgIpc) is 2.12. The van der Waals surface area contributed by atoms with Gasteiger partial charge >= 0.3 is 0 Å². The summed E-state index contributed by atoms with van der Waals surface area (Å²) in [5.74, 6) is 8.00. The molecule has 4 nitrogen and oxygen atoms in total. The summed E-state index contributed by atoms with van der Waals surface area (Å²) in [6, 6.07) is 5.72. The molecule has 0 radical (unpaired) electrons. The molecule has 0 amide bonds. The first-order valence-corrected chi connectivity index (χ1v) is 3.18. The van der Waals surface area contributed by atoms with Gasteiger partial charge in [0.1, 0.15) is 0 Å². The van der Waals surface area contributed by atoms with Crippen molar-refractivity contribution in [1.82, 2.24) is 10.3 Å². The Morgan fingerprint density at radius 1 is 1.00 bits per heavy atom. The van der Waals surface area contributed by atoms with E-state index >= 15 is 0 Å². The van der Waals surface area contributed by atoms with Gasteiger partial charge in [0, 0.05) is 12.4 Å². The van der Waals surface area contributed by atoms with Gasteiger partial charge in [0.2, 0.25) is 0 Å². The largest absolute Gasteiger partial charge is 0.323 e. The standard InChI is InChI=1S/C5H5N.C2H7N.H4N2/c1-2-4-6-5-3-1;1-3-2;1-2/h1-5H;3H,1-2H3;1-2H2. The Hall–Kier alpha value is -0.970. The van der Waals surface area contributed by atoms with E-state index in [0.29, 0.717) is 0 Å². The monoisotopic (exact) mass is 156 g/mol. The van der Waals surface area contributed by atoms with Crippen molar-refractivity contribution in [3.05, 3.63) is 30.6 Å². The van der Waals surface area contributed by atoms with Crippen molar-refractivity contribution in [2.24, 2.45) is 11.7 Å². The van der Waals surface area contributed by atoms with Crippen LogP contribution in [0.1, 0.15) is 0 Å². The third-order valence-corrected chi connectivity index (χ3v) is 0.566. The molecular formula is C7H16N4. The number of hydrogen-bond donors (Lipinski definition) is 3. The summed E-state index contributed by atoms with van der Waals surface area (Å²) in [5.41, 5.74) is 0. The minimum atomic E-state index is 1.75. The number of nitrogens with one attached hydrogen (secondary N) is 1. The highest BCUT2D eigenvalue weighted by Crippen LogP contribution is 1.73. The van der Waals surface area contributed by atoms with Crippen LogP contribution in [0.25, 0.3) is 0 Å². The number of hydrogen-bond acceptors (Lipinski definition) is 4. The molecule has 0 unspecified atom stereocenters. The molecule has 0 fully saturated rings. The van der Waals surface area contributed by atoms with Crippen molar-refractivity contribution >= 4 is 0 Å². The predicted octanol–water partition coefficient (Wildman–Crippen LogP) is -0.264. The Kier molecular flexibility index (Phi) is 18.5. The molecule has 0 aliphatic rings. The van der Waals surface area contributed by atoms with Crippen LogP contribution in [0.5, 0.6) is 0 Å². The van der Waals surface area contributed by atoms with Crippen LogP contribution in [-0.2, 0) is 0 Å². The van der Waals surface area contributed by atoms with Crippen LogP contribution >= 0.6 is 0 Å². The van der Waals surface area contributed by atoms with Crippen molar-refractivity contribution in [3.63, 3.8) is 0 Å². The van der Waals surface area contributed by atoms with Gasteiger partial charge in [0.05, 0.1) is 0 Å². The van der Waals surface area contributed by atoms with Gasteiger partial charge in [-0.3, -0.25) is 16.7 Å². The first-order valence-electron chi connectivity index (χ1n) is 3.18. The summed E-state index contributed by atoms with van der Waals surface area (Å²) in [7, 11) is 3.75. The molecule has 0 aromatic carbocycles. The number of nitrogens with two attached hydrogens (primary N) is 2. The molecule has 5 N–H and O–H groups in total. The molecule has 11 heavy (non-hydrogen) atoms. The number of aromatic nitrogens is 1. The van der Waals surface area contributed by atoms with Crippen molar-refractivity contribution in [1.29, 1.82) is 0 Å². The van der Waals surface area contributed by atoms with Gasteiger partial charge in [-0.2, -0.15) is 0 Å². The molecule has 0 saturated heterocycles. The average molecular weight is 156 g/mol. The fourth-order valence-corrected chi connectivity index (χ4v) is 0.313. The molecule has 0 aliphatic heterocycles. The zero-order chi connectivity index (χ0) is 8.95. The van der Waals surface area contributed by atoms with Crippen LogP contribution in [0, 0.1) is 0 Å². The van der Waals surface area contributed by atoms with Crippen LogP contribution in [0.4, 0.5) is 0 Å². The van der Waals surface area contributed by atoms with Gasteiger partial charge < -0.3 is 5.32 Å². The topological polar surface area (TPSA) is 77.0 Å². The Morgan fingerprint density at radius 2 is 1.36 bits per heavy atom. The fraction of sp³-hybridized carbons (Fsp3) is 0.286. The van der Waals surface area contributed by atoms with E-state index in [9.17, 15) is 0 Å². The van der Waals surface area contributed by atoms with E-state index in [1.54, 1.807) is 12.4 Å². The van der Waals surface area contributed by atoms with E-state index in [1.807, 2.05) is 32.3 Å². The maximum Gasteiger partial charge on any atom is 0.0267 e. The van der Waals surface area contributed by atoms with Crippen molar-refractivity contribution < 1.29 is 0 Å². The maximum absolute atomic E-state index is 4.00. The first kappa shape index (κ1) is 12.7. The van der Waals surface area contributed by atoms with Crippen molar-refractivity contribution in [2.45, 2.75) is 0 Å². The quantitative estimate of drug-likeness (QED) is 0.357. The second kappa shape index (κ2) is 16.0. The van der Waals surface area contributed by atoms with Crippen LogP contribution < -0.4 is 17.0 Å². The number of pyridine rings is 1. The lowest BCUT2D eigenvalue weighted by Crippen LogP contribution is -2.02. The smallest absolute Gasteiger partial charge is 0.0267 e. The molecular weight excluding hydrogens is 140 g/mol. The van der Waals surface area contributed by atoms with E-state index in [2.05, 4.69) is 22.0 Å². The Labute approximate surface area is 67.6 Å². The van der Waals surface area contributed by atoms with Crippen LogP contribution in [0.3, 0.4) is 0 Å². The lowest BCUT2D eigenvalue weighted by atomic mass is 10.5. The summed E-state index contributed by atoms with van der Waals surface area (Å²) in [4.78, 5) is 3.78. The molecule has 1 rings (SSSR count). The minimum absolute atomic E-state index is 1.75. The number of nitrogens with zero attached hydrogens (tertiary/aromatic N) is 1. The maximum atomic E-state index is 4.00. The van der Waals surface area contributed by atoms with Gasteiger partial charge in [0.15, 0.2) is 0 Å². The lowest BCUT2D eigenvalue weighted by Gasteiger charge is -1.70. The molecule has 1 aromatic heterocycles. The highest BCUT2D eigenvalue weighted by atomic mass is 15.0. The van der Waals surface area contributed by atoms with Gasteiger partial charge in [-0.05, 0) is 26.2 Å². The Morgan fingerprint density at radius 3 is 1.45 bits per heavy atom. The molecule has 1 heterocycles. The normalized spacial score (nSPS) is 6.55. The molecule has 4 heteroatoms. The molecule has 0 atom stereocenters. The lowest BCUT2D eigenvalue weighted by molar-refractivity contribution is 1.02. The summed E-state index contributed by atoms with van der Waals surface area (Å²) in [6.45, 7) is 0. The summed E-state index contributed by atoms with van der Waals surface area (Å²) >= 11 is 0. The molecule has 0 saturated carbocycles. The zero-order valence-corrected chi connectivity index (χ0v) is 6.99. The summed E-state index contributed by atoms with van der Waals surface area (Å²) < 4.78 is 0. The van der Waals surface area contributed by atoms with E-state index in [1.165, 1.54) is 0 Å². The summed E-state index contributed by atoms with van der Waals surface area (Å²) in [6.07, 6.45) is 3.50. The van der Waals surface area contributed by atoms with Gasteiger partial charge in [0.25, 0.3) is 0 Å². The predicted molar refractivity (Wildman–Crippen MR) is 47.6 cm³/mol. The Balaban J connectivity index is 0. The second-order valence-electron chi connectivity index (χ2n) is 1.52. The van der Waals surface area contributed by atoms with Gasteiger partial charge in [-0.1, -0.05) is 6.07 Å². The SMILES string of the molecule is CNC.NN.c1ccncc1. The minimum Gasteiger partial charge on any atom is -0.323 e. The Bertz CT molecular complexity index is 93.3. The highest BCUT2D eigenvalue weighted by molar-refractivity contribution is 4.88. The highest BCUT2D eigenvalue weighted by Gasteiger charge is 1.58. The molecule has 64 valence electrons. The van der Waals surface area contributed by atoms with E-state index in [-0.39, 0.29) is 0 Å². The van der Waals surface area contributed by atoms with Crippen LogP contribution in [0.15, 0.2) is 30.6 Å². The number of rotatable bonds is 0. The zero-order valence-electron chi connectivity index (χ0n) is 6.99. The molecule has 0 aliphatic carbocycles. The molecule has 0 bridgehead atoms. The summed E-state index contributed by atoms with van der Waals surface area (Å²) in [5, 5.41) is 2.75. The first-order chi connectivity index (χ1) is 5.41. The number of hydrazine groups is 1. The fourth-order valence-electron chi connectivity index (χ4n) is 0.313. The third-order valence-electron chi connectivity index (χ3n) is 0.566. The van der Waals surface area contributed by atoms with E-state index in [0.717, 1.165) is 0 Å². The molecule has 1 aromatic rings. The molecule has 0 spiro atoms. The van der Waals surface area contributed by atoms with E-state index in [4.69, 9.17) is 0 Å². The van der Waals surface area contributed by atoms with Gasteiger partial charge in [-0.25, -0.2) is 0 Å². The van der Waals surface area contributed by atoms with Crippen molar-refractivity contribution in [3.8, 4) is 0 Å². The third kappa shape index (κ3) is 17.6. The van der Waals surface area contributed by atoms with Crippen molar-refractivity contribution in [2.75, 3.05) is 14.1 Å². The van der Waals surface area contributed by atoms with Gasteiger partial charge in [-0.15, -0.1) is 0 Å².